The topological polar surface area (TPSA) is 93.0 Å². The molecule has 0 atom stereocenters. The van der Waals surface area contributed by atoms with Crippen molar-refractivity contribution in [3.8, 4) is 11.3 Å². The highest BCUT2D eigenvalue weighted by molar-refractivity contribution is 7.89. The van der Waals surface area contributed by atoms with Crippen LogP contribution in [0.2, 0.25) is 0 Å². The van der Waals surface area contributed by atoms with Gasteiger partial charge in [-0.3, -0.25) is 9.20 Å². The number of morpholine rings is 1. The molecule has 34 heavy (non-hydrogen) atoms. The van der Waals surface area contributed by atoms with Gasteiger partial charge in [0, 0.05) is 30.4 Å². The smallest absolute Gasteiger partial charge is 0.256 e. The van der Waals surface area contributed by atoms with Gasteiger partial charge in [0.25, 0.3) is 5.91 Å². The Hall–Kier alpha value is -3.53. The van der Waals surface area contributed by atoms with E-state index in [1.165, 1.54) is 16.4 Å². The second-order valence-corrected chi connectivity index (χ2v) is 10.0. The summed E-state index contributed by atoms with van der Waals surface area (Å²) in [5.74, 6) is 0.103. The number of amides is 1. The molecule has 4 aromatic rings. The number of aromatic nitrogens is 2. The van der Waals surface area contributed by atoms with Crippen LogP contribution in [-0.4, -0.2) is 54.3 Å². The fourth-order valence-corrected chi connectivity index (χ4v) is 5.43. The van der Waals surface area contributed by atoms with Gasteiger partial charge < -0.3 is 10.1 Å². The molecule has 3 heterocycles. The van der Waals surface area contributed by atoms with Crippen molar-refractivity contribution < 1.29 is 17.9 Å². The number of pyridine rings is 1. The second kappa shape index (κ2) is 9.02. The molecule has 1 aliphatic heterocycles. The molecule has 0 bridgehead atoms. The third-order valence-electron chi connectivity index (χ3n) is 5.76. The van der Waals surface area contributed by atoms with Crippen LogP contribution < -0.4 is 5.32 Å². The van der Waals surface area contributed by atoms with Crippen LogP contribution in [0.1, 0.15) is 15.9 Å². The Kier molecular flexibility index (Phi) is 5.91. The Bertz CT molecular complexity index is 1460. The summed E-state index contributed by atoms with van der Waals surface area (Å²) in [6, 6.07) is 19.6. The standard InChI is InChI=1S/C25H24N4O4S/c1-18-10-11-29-22(16-18)26-23(19-6-3-2-4-7-19)24(29)27-25(30)20-8-5-9-21(17-20)34(31,32)28-12-14-33-15-13-28/h2-11,16-17H,12-15H2,1H3,(H,27,30). The molecule has 1 N–H and O–H groups in total. The van der Waals surface area contributed by atoms with Gasteiger partial charge in [-0.15, -0.1) is 0 Å². The molecule has 0 saturated carbocycles. The molecule has 1 amide bonds. The molecule has 1 saturated heterocycles. The molecule has 0 aliphatic carbocycles. The maximum atomic E-state index is 13.3. The number of ether oxygens (including phenoxy) is 1. The van der Waals surface area contributed by atoms with Gasteiger partial charge in [0.05, 0.1) is 18.1 Å². The number of anilines is 1. The Balaban J connectivity index is 1.51. The number of imidazole rings is 1. The van der Waals surface area contributed by atoms with Crippen LogP contribution >= 0.6 is 0 Å². The monoisotopic (exact) mass is 476 g/mol. The van der Waals surface area contributed by atoms with Crippen LogP contribution in [0.25, 0.3) is 16.9 Å². The zero-order valence-corrected chi connectivity index (χ0v) is 19.5. The second-order valence-electron chi connectivity index (χ2n) is 8.11. The first-order valence-corrected chi connectivity index (χ1v) is 12.4. The highest BCUT2D eigenvalue weighted by atomic mass is 32.2. The van der Waals surface area contributed by atoms with Gasteiger partial charge in [0.1, 0.15) is 17.2 Å². The van der Waals surface area contributed by atoms with E-state index in [0.29, 0.717) is 43.5 Å². The lowest BCUT2D eigenvalue weighted by molar-refractivity contribution is 0.0730. The van der Waals surface area contributed by atoms with E-state index in [-0.39, 0.29) is 10.5 Å². The molecular weight excluding hydrogens is 452 g/mol. The zero-order valence-electron chi connectivity index (χ0n) is 18.6. The number of hydrogen-bond donors (Lipinski definition) is 1. The minimum absolute atomic E-state index is 0.0825. The van der Waals surface area contributed by atoms with Crippen molar-refractivity contribution in [3.63, 3.8) is 0 Å². The van der Waals surface area contributed by atoms with Crippen molar-refractivity contribution in [2.24, 2.45) is 0 Å². The molecule has 2 aromatic heterocycles. The predicted molar refractivity (Wildman–Crippen MR) is 129 cm³/mol. The van der Waals surface area contributed by atoms with E-state index in [9.17, 15) is 13.2 Å². The van der Waals surface area contributed by atoms with Crippen LogP contribution in [0.4, 0.5) is 5.82 Å². The molecule has 5 rings (SSSR count). The summed E-state index contributed by atoms with van der Waals surface area (Å²) >= 11 is 0. The quantitative estimate of drug-likeness (QED) is 0.475. The molecule has 174 valence electrons. The number of sulfonamides is 1. The number of fused-ring (bicyclic) bond motifs is 1. The first kappa shape index (κ1) is 22.3. The van der Waals surface area contributed by atoms with Crippen molar-refractivity contribution in [1.82, 2.24) is 13.7 Å². The Morgan fingerprint density at radius 2 is 1.76 bits per heavy atom. The van der Waals surface area contributed by atoms with E-state index < -0.39 is 15.9 Å². The Labute approximate surface area is 197 Å². The Morgan fingerprint density at radius 3 is 2.53 bits per heavy atom. The molecule has 1 aliphatic rings. The molecule has 0 spiro atoms. The van der Waals surface area contributed by atoms with E-state index >= 15 is 0 Å². The molecule has 9 heteroatoms. The summed E-state index contributed by atoms with van der Waals surface area (Å²) < 4.78 is 34.6. The van der Waals surface area contributed by atoms with E-state index in [1.807, 2.05) is 60.0 Å². The highest BCUT2D eigenvalue weighted by Crippen LogP contribution is 2.29. The lowest BCUT2D eigenvalue weighted by Crippen LogP contribution is -2.40. The number of nitrogens with one attached hydrogen (secondary N) is 1. The van der Waals surface area contributed by atoms with Gasteiger partial charge in [-0.05, 0) is 42.8 Å². The van der Waals surface area contributed by atoms with Gasteiger partial charge in [-0.25, -0.2) is 13.4 Å². The molecule has 0 unspecified atom stereocenters. The normalized spacial score (nSPS) is 14.9. The third-order valence-corrected chi connectivity index (χ3v) is 7.66. The largest absolute Gasteiger partial charge is 0.379 e. The summed E-state index contributed by atoms with van der Waals surface area (Å²) in [6.45, 7) is 3.28. The van der Waals surface area contributed by atoms with Crippen molar-refractivity contribution in [3.05, 3.63) is 84.1 Å². The average Bonchev–Trinajstić information content (AvgIpc) is 3.22. The number of hydrogen-bond acceptors (Lipinski definition) is 5. The maximum Gasteiger partial charge on any atom is 0.256 e. The number of carbonyl (C=O) groups is 1. The van der Waals surface area contributed by atoms with E-state index in [4.69, 9.17) is 9.72 Å². The number of nitrogens with zero attached hydrogens (tertiary/aromatic N) is 3. The summed E-state index contributed by atoms with van der Waals surface area (Å²) in [5.41, 5.74) is 3.50. The summed E-state index contributed by atoms with van der Waals surface area (Å²) in [7, 11) is -3.71. The lowest BCUT2D eigenvalue weighted by atomic mass is 10.1. The molecule has 0 radical (unpaired) electrons. The number of aryl methyl sites for hydroxylation is 1. The first-order chi connectivity index (χ1) is 16.4. The lowest BCUT2D eigenvalue weighted by Gasteiger charge is -2.26. The minimum Gasteiger partial charge on any atom is -0.379 e. The van der Waals surface area contributed by atoms with Crippen molar-refractivity contribution in [2.75, 3.05) is 31.6 Å². The summed E-state index contributed by atoms with van der Waals surface area (Å²) in [4.78, 5) is 18.1. The SMILES string of the molecule is Cc1ccn2c(NC(=O)c3cccc(S(=O)(=O)N4CCOCC4)c3)c(-c3ccccc3)nc2c1. The van der Waals surface area contributed by atoms with Crippen molar-refractivity contribution in [1.29, 1.82) is 0 Å². The number of carbonyl (C=O) groups excluding carboxylic acids is 1. The van der Waals surface area contributed by atoms with Gasteiger partial charge in [-0.2, -0.15) is 4.31 Å². The highest BCUT2D eigenvalue weighted by Gasteiger charge is 2.27. The van der Waals surface area contributed by atoms with Gasteiger partial charge in [-0.1, -0.05) is 36.4 Å². The summed E-state index contributed by atoms with van der Waals surface area (Å²) in [5, 5.41) is 2.96. The predicted octanol–water partition coefficient (Wildman–Crippen LogP) is 3.58. The fourth-order valence-electron chi connectivity index (χ4n) is 3.98. The van der Waals surface area contributed by atoms with Crippen molar-refractivity contribution >= 4 is 27.4 Å². The van der Waals surface area contributed by atoms with Crippen LogP contribution in [0, 0.1) is 6.92 Å². The molecule has 1 fully saturated rings. The average molecular weight is 477 g/mol. The van der Waals surface area contributed by atoms with E-state index in [2.05, 4.69) is 5.32 Å². The molecular formula is C25H24N4O4S. The van der Waals surface area contributed by atoms with Gasteiger partial charge in [0.15, 0.2) is 0 Å². The third kappa shape index (κ3) is 4.21. The van der Waals surface area contributed by atoms with Crippen LogP contribution in [-0.2, 0) is 14.8 Å². The van der Waals surface area contributed by atoms with E-state index in [1.54, 1.807) is 12.1 Å². The zero-order chi connectivity index (χ0) is 23.7. The number of rotatable bonds is 5. The maximum absolute atomic E-state index is 13.3. The van der Waals surface area contributed by atoms with Crippen LogP contribution in [0.5, 0.6) is 0 Å². The Morgan fingerprint density at radius 1 is 1.00 bits per heavy atom. The molecule has 8 nitrogen and oxygen atoms in total. The van der Waals surface area contributed by atoms with E-state index in [0.717, 1.165) is 11.1 Å². The summed E-state index contributed by atoms with van der Waals surface area (Å²) in [6.07, 6.45) is 1.86. The number of benzene rings is 2. The first-order valence-electron chi connectivity index (χ1n) is 11.0. The molecule has 2 aromatic carbocycles. The van der Waals surface area contributed by atoms with Crippen LogP contribution in [0.3, 0.4) is 0 Å². The minimum atomic E-state index is -3.71. The van der Waals surface area contributed by atoms with Crippen LogP contribution in [0.15, 0.2) is 77.8 Å². The van der Waals surface area contributed by atoms with Gasteiger partial charge >= 0.3 is 0 Å². The van der Waals surface area contributed by atoms with Gasteiger partial charge in [0.2, 0.25) is 10.0 Å². The van der Waals surface area contributed by atoms with Crippen molar-refractivity contribution in [2.45, 2.75) is 11.8 Å². The fraction of sp³-hybridized carbons (Fsp3) is 0.200.